The van der Waals surface area contributed by atoms with E-state index in [0.29, 0.717) is 23.1 Å². The van der Waals surface area contributed by atoms with E-state index in [2.05, 4.69) is 0 Å². The van der Waals surface area contributed by atoms with Crippen LogP contribution in [0, 0.1) is 12.3 Å². The number of carboxylic acids is 1. The van der Waals surface area contributed by atoms with Crippen molar-refractivity contribution in [1.82, 2.24) is 4.57 Å². The zero-order valence-electron chi connectivity index (χ0n) is 18.0. The summed E-state index contributed by atoms with van der Waals surface area (Å²) in [5.41, 5.74) is 6.97. The van der Waals surface area contributed by atoms with E-state index in [9.17, 15) is 19.5 Å². The molecule has 1 heterocycles. The van der Waals surface area contributed by atoms with Crippen LogP contribution in [0.25, 0.3) is 10.9 Å². The van der Waals surface area contributed by atoms with Crippen molar-refractivity contribution in [3.8, 4) is 5.75 Å². The van der Waals surface area contributed by atoms with Gasteiger partial charge >= 0.3 is 5.97 Å². The largest absolute Gasteiger partial charge is 0.478 e. The summed E-state index contributed by atoms with van der Waals surface area (Å²) in [7, 11) is 0. The summed E-state index contributed by atoms with van der Waals surface area (Å²) in [6.45, 7) is 7.47. The maximum Gasteiger partial charge on any atom is 0.345 e. The fourth-order valence-electron chi connectivity index (χ4n) is 3.69. The number of Topliss-reactive ketones (excluding diaryl/α,β-unsaturated/α-hetero) is 1. The lowest BCUT2D eigenvalue weighted by atomic mass is 9.89. The lowest BCUT2D eigenvalue weighted by Crippen LogP contribution is -2.39. The van der Waals surface area contributed by atoms with Gasteiger partial charge in [0.25, 0.3) is 11.7 Å². The van der Waals surface area contributed by atoms with Crippen LogP contribution in [-0.4, -0.2) is 33.4 Å². The summed E-state index contributed by atoms with van der Waals surface area (Å²) < 4.78 is 7.83. The zero-order valence-corrected chi connectivity index (χ0v) is 18.0. The molecule has 0 aliphatic carbocycles. The monoisotopic (exact) mass is 422 g/mol. The third-order valence-electron chi connectivity index (χ3n) is 5.20. The molecule has 0 fully saturated rings. The molecule has 31 heavy (non-hydrogen) atoms. The zero-order chi connectivity index (χ0) is 22.9. The van der Waals surface area contributed by atoms with Gasteiger partial charge in [0.15, 0.2) is 6.10 Å². The van der Waals surface area contributed by atoms with Gasteiger partial charge in [0.05, 0.1) is 16.5 Å². The van der Waals surface area contributed by atoms with Crippen molar-refractivity contribution in [3.63, 3.8) is 0 Å². The summed E-state index contributed by atoms with van der Waals surface area (Å²) in [4.78, 5) is 36.4. The molecule has 0 aliphatic heterocycles. The lowest BCUT2D eigenvalue weighted by molar-refractivity contribution is -0.150. The van der Waals surface area contributed by atoms with Gasteiger partial charge < -0.3 is 20.1 Å². The second-order valence-corrected chi connectivity index (χ2v) is 8.58. The van der Waals surface area contributed by atoms with E-state index in [4.69, 9.17) is 10.5 Å². The fraction of sp³-hybridized carbons (Fsp3) is 0.292. The molecule has 7 nitrogen and oxygen atoms in total. The smallest absolute Gasteiger partial charge is 0.345 e. The van der Waals surface area contributed by atoms with E-state index in [0.717, 1.165) is 5.56 Å². The molecule has 0 bridgehead atoms. The fourth-order valence-corrected chi connectivity index (χ4v) is 3.69. The molecule has 0 spiro atoms. The number of hydrogen-bond donors (Lipinski definition) is 2. The first kappa shape index (κ1) is 22.1. The highest BCUT2D eigenvalue weighted by Crippen LogP contribution is 2.36. The van der Waals surface area contributed by atoms with Crippen LogP contribution >= 0.6 is 0 Å². The minimum Gasteiger partial charge on any atom is -0.478 e. The molecule has 162 valence electrons. The average Bonchev–Trinajstić information content (AvgIpc) is 2.97. The Morgan fingerprint density at radius 3 is 2.26 bits per heavy atom. The maximum atomic E-state index is 12.8. The first-order chi connectivity index (χ1) is 14.5. The van der Waals surface area contributed by atoms with Crippen LogP contribution in [0.1, 0.15) is 42.4 Å². The predicted octanol–water partition coefficient (Wildman–Crippen LogP) is 3.54. The number of fused-ring (bicyclic) bond motifs is 1. The third-order valence-corrected chi connectivity index (χ3v) is 5.20. The number of carboxylic acid groups (broad SMARTS) is 1. The van der Waals surface area contributed by atoms with Gasteiger partial charge in [0.1, 0.15) is 5.75 Å². The molecule has 2 aromatic carbocycles. The normalized spacial score (nSPS) is 12.5. The molecule has 3 rings (SSSR count). The minimum absolute atomic E-state index is 0.132. The highest BCUT2D eigenvalue weighted by Gasteiger charge is 2.35. The van der Waals surface area contributed by atoms with Crippen LogP contribution in [0.3, 0.4) is 0 Å². The van der Waals surface area contributed by atoms with Crippen LogP contribution in [-0.2, 0) is 16.1 Å². The number of nitrogens with zero attached hydrogens (tertiary/aromatic N) is 1. The number of rotatable bonds is 7. The van der Waals surface area contributed by atoms with E-state index in [-0.39, 0.29) is 11.3 Å². The quantitative estimate of drug-likeness (QED) is 0.447. The third kappa shape index (κ3) is 4.30. The van der Waals surface area contributed by atoms with E-state index in [1.807, 2.05) is 41.0 Å². The SMILES string of the molecule is Cc1c(C(=O)C(N)=O)c2c(OC(C(=O)O)C(C)(C)C)cccc2n1Cc1ccccc1. The molecule has 0 aliphatic rings. The Hall–Kier alpha value is -3.61. The Balaban J connectivity index is 2.26. The van der Waals surface area contributed by atoms with E-state index in [1.54, 1.807) is 39.8 Å². The Labute approximate surface area is 180 Å². The van der Waals surface area contributed by atoms with E-state index >= 15 is 0 Å². The summed E-state index contributed by atoms with van der Waals surface area (Å²) in [6, 6.07) is 14.8. The van der Waals surface area contributed by atoms with Crippen molar-refractivity contribution in [1.29, 1.82) is 0 Å². The number of carbonyl (C=O) groups excluding carboxylic acids is 2. The minimum atomic E-state index is -1.16. The van der Waals surface area contributed by atoms with Gasteiger partial charge in [-0.3, -0.25) is 9.59 Å². The first-order valence-electron chi connectivity index (χ1n) is 9.91. The first-order valence-corrected chi connectivity index (χ1v) is 9.91. The van der Waals surface area contributed by atoms with E-state index < -0.39 is 29.2 Å². The van der Waals surface area contributed by atoms with Crippen molar-refractivity contribution in [2.45, 2.75) is 40.3 Å². The van der Waals surface area contributed by atoms with Crippen molar-refractivity contribution in [3.05, 3.63) is 65.4 Å². The molecule has 7 heteroatoms. The predicted molar refractivity (Wildman–Crippen MR) is 117 cm³/mol. The number of primary amides is 1. The molecular formula is C24H26N2O5. The second kappa shape index (κ2) is 8.26. The number of benzene rings is 2. The molecular weight excluding hydrogens is 396 g/mol. The molecule has 1 atom stereocenters. The molecule has 1 aromatic heterocycles. The maximum absolute atomic E-state index is 12.8. The van der Waals surface area contributed by atoms with Gasteiger partial charge in [0, 0.05) is 17.7 Å². The molecule has 3 aromatic rings. The van der Waals surface area contributed by atoms with Crippen LogP contribution < -0.4 is 10.5 Å². The number of hydrogen-bond acceptors (Lipinski definition) is 4. The van der Waals surface area contributed by atoms with Crippen molar-refractivity contribution in [2.24, 2.45) is 11.1 Å². The lowest BCUT2D eigenvalue weighted by Gasteiger charge is -2.28. The number of carbonyl (C=O) groups is 3. The standard InChI is InChI=1S/C24H26N2O5/c1-14-18(20(27)22(25)28)19-16(26(14)13-15-9-6-5-7-10-15)11-8-12-17(19)31-21(23(29)30)24(2,3)4/h5-12,21H,13H2,1-4H3,(H2,25,28)(H,29,30). The van der Waals surface area contributed by atoms with Crippen LogP contribution in [0.5, 0.6) is 5.75 Å². The van der Waals surface area contributed by atoms with Gasteiger partial charge in [-0.05, 0) is 24.6 Å². The average molecular weight is 422 g/mol. The van der Waals surface area contributed by atoms with Gasteiger partial charge in [0.2, 0.25) is 0 Å². The van der Waals surface area contributed by atoms with Crippen molar-refractivity contribution in [2.75, 3.05) is 0 Å². The second-order valence-electron chi connectivity index (χ2n) is 8.58. The van der Waals surface area contributed by atoms with Gasteiger partial charge in [-0.2, -0.15) is 0 Å². The number of aromatic nitrogens is 1. The topological polar surface area (TPSA) is 112 Å². The van der Waals surface area contributed by atoms with Crippen molar-refractivity contribution < 1.29 is 24.2 Å². The molecule has 0 radical (unpaired) electrons. The highest BCUT2D eigenvalue weighted by atomic mass is 16.5. The van der Waals surface area contributed by atoms with Gasteiger partial charge in [-0.25, -0.2) is 4.79 Å². The number of amides is 1. The van der Waals surface area contributed by atoms with Crippen LogP contribution in [0.15, 0.2) is 48.5 Å². The van der Waals surface area contributed by atoms with Crippen molar-refractivity contribution >= 4 is 28.6 Å². The highest BCUT2D eigenvalue weighted by molar-refractivity contribution is 6.45. The number of aliphatic carboxylic acids is 1. The molecule has 3 N–H and O–H groups in total. The summed E-state index contributed by atoms with van der Waals surface area (Å²) in [6.07, 6.45) is -1.16. The summed E-state index contributed by atoms with van der Waals surface area (Å²) >= 11 is 0. The van der Waals surface area contributed by atoms with E-state index in [1.165, 1.54) is 0 Å². The molecule has 1 unspecified atom stereocenters. The number of ether oxygens (including phenoxy) is 1. The molecule has 1 amide bonds. The Morgan fingerprint density at radius 1 is 1.06 bits per heavy atom. The molecule has 0 saturated carbocycles. The summed E-state index contributed by atoms with van der Waals surface area (Å²) in [5, 5.41) is 10.1. The van der Waals surface area contributed by atoms with Gasteiger partial charge in [-0.15, -0.1) is 0 Å². The summed E-state index contributed by atoms with van der Waals surface area (Å²) in [5.74, 6) is -2.82. The Morgan fingerprint density at radius 2 is 1.71 bits per heavy atom. The van der Waals surface area contributed by atoms with Gasteiger partial charge in [-0.1, -0.05) is 57.2 Å². The number of nitrogens with two attached hydrogens (primary N) is 1. The molecule has 0 saturated heterocycles. The Kier molecular flexibility index (Phi) is 5.88. The van der Waals surface area contributed by atoms with Crippen LogP contribution in [0.2, 0.25) is 0 Å². The Bertz CT molecular complexity index is 1160. The van der Waals surface area contributed by atoms with Crippen LogP contribution in [0.4, 0.5) is 0 Å². The number of ketones is 1.